The van der Waals surface area contributed by atoms with Gasteiger partial charge in [0.2, 0.25) is 0 Å². The van der Waals surface area contributed by atoms with Crippen molar-refractivity contribution in [1.29, 1.82) is 0 Å². The van der Waals surface area contributed by atoms with Crippen LogP contribution in [0.3, 0.4) is 0 Å². The Kier molecular flexibility index (Phi) is 4.22. The average Bonchev–Trinajstić information content (AvgIpc) is 2.08. The van der Waals surface area contributed by atoms with Crippen molar-refractivity contribution in [2.75, 3.05) is 5.73 Å². The van der Waals surface area contributed by atoms with Gasteiger partial charge in [0.15, 0.2) is 0 Å². The van der Waals surface area contributed by atoms with Gasteiger partial charge in [-0.1, -0.05) is 28.9 Å². The first-order valence-corrected chi connectivity index (χ1v) is 5.45. The van der Waals surface area contributed by atoms with E-state index in [0.29, 0.717) is 10.6 Å². The minimum absolute atomic E-state index is 0.588. The number of aryl methyl sites for hydroxylation is 1. The van der Waals surface area contributed by atoms with Crippen LogP contribution in [0.1, 0.15) is 25.3 Å². The lowest BCUT2D eigenvalue weighted by Gasteiger charge is -2.04. The molecule has 0 saturated carbocycles. The summed E-state index contributed by atoms with van der Waals surface area (Å²) in [6.07, 6.45) is 5.08. The van der Waals surface area contributed by atoms with E-state index in [0.717, 1.165) is 18.4 Å². The zero-order valence-electron chi connectivity index (χ0n) is 7.83. The fourth-order valence-corrected chi connectivity index (χ4v) is 1.56. The van der Waals surface area contributed by atoms with Crippen LogP contribution in [0.25, 0.3) is 0 Å². The number of nitrogens with two attached hydrogens (primary N) is 1. The molecule has 0 saturated heterocycles. The summed E-state index contributed by atoms with van der Waals surface area (Å²) in [6.45, 7) is 2.16. The molecule has 0 bridgehead atoms. The van der Waals surface area contributed by atoms with Crippen LogP contribution in [-0.2, 0) is 6.42 Å². The summed E-state index contributed by atoms with van der Waals surface area (Å²) >= 11 is 3.52. The normalized spacial score (nSPS) is 12.8. The maximum atomic E-state index is 5.71. The minimum Gasteiger partial charge on any atom is -0.383 e. The summed E-state index contributed by atoms with van der Waals surface area (Å²) in [4.78, 5) is 4.63. The Morgan fingerprint density at radius 2 is 2.38 bits per heavy atom. The highest BCUT2D eigenvalue weighted by atomic mass is 79.9. The zero-order valence-corrected chi connectivity index (χ0v) is 9.42. The van der Waals surface area contributed by atoms with Crippen molar-refractivity contribution < 1.29 is 0 Å². The molecule has 0 aliphatic carbocycles. The van der Waals surface area contributed by atoms with Gasteiger partial charge in [-0.15, -0.1) is 0 Å². The van der Waals surface area contributed by atoms with E-state index in [9.17, 15) is 0 Å². The predicted octanol–water partition coefficient (Wildman–Crippen LogP) is 2.77. The van der Waals surface area contributed by atoms with Crippen LogP contribution >= 0.6 is 15.9 Å². The Balaban J connectivity index is 2.41. The first kappa shape index (κ1) is 10.5. The molecule has 13 heavy (non-hydrogen) atoms. The van der Waals surface area contributed by atoms with Gasteiger partial charge in [-0.2, -0.15) is 0 Å². The molecule has 0 spiro atoms. The fourth-order valence-electron chi connectivity index (χ4n) is 1.24. The molecule has 1 atom stereocenters. The molecule has 72 valence electrons. The second-order valence-electron chi connectivity index (χ2n) is 3.22. The minimum atomic E-state index is 0.588. The third-order valence-corrected chi connectivity index (χ3v) is 2.43. The fraction of sp³-hybridized carbons (Fsp3) is 0.500. The van der Waals surface area contributed by atoms with Crippen molar-refractivity contribution in [3.63, 3.8) is 0 Å². The van der Waals surface area contributed by atoms with Crippen molar-refractivity contribution in [2.24, 2.45) is 0 Å². The van der Waals surface area contributed by atoms with E-state index in [1.54, 1.807) is 6.20 Å². The van der Waals surface area contributed by atoms with E-state index in [4.69, 9.17) is 5.73 Å². The summed E-state index contributed by atoms with van der Waals surface area (Å²) in [7, 11) is 0. The summed E-state index contributed by atoms with van der Waals surface area (Å²) in [6, 6.07) is 3.98. The highest BCUT2D eigenvalue weighted by molar-refractivity contribution is 9.09. The number of nitrogens with zero attached hydrogens (tertiary/aromatic N) is 1. The smallest absolute Gasteiger partial charge is 0.126 e. The maximum absolute atomic E-state index is 5.71. The van der Waals surface area contributed by atoms with Gasteiger partial charge in [0.1, 0.15) is 5.82 Å². The van der Waals surface area contributed by atoms with Crippen molar-refractivity contribution in [2.45, 2.75) is 31.0 Å². The highest BCUT2D eigenvalue weighted by Crippen LogP contribution is 2.13. The van der Waals surface area contributed by atoms with E-state index in [1.807, 2.05) is 12.1 Å². The number of aromatic nitrogens is 1. The lowest BCUT2D eigenvalue weighted by Crippen LogP contribution is -1.98. The number of pyridine rings is 1. The van der Waals surface area contributed by atoms with Crippen molar-refractivity contribution >= 4 is 21.7 Å². The van der Waals surface area contributed by atoms with E-state index >= 15 is 0 Å². The molecule has 2 N–H and O–H groups in total. The first-order chi connectivity index (χ1) is 6.20. The summed E-state index contributed by atoms with van der Waals surface area (Å²) in [5.74, 6) is 0.671. The molecule has 1 aromatic rings. The van der Waals surface area contributed by atoms with Gasteiger partial charge in [0.05, 0.1) is 0 Å². The quantitative estimate of drug-likeness (QED) is 0.826. The molecule has 1 aromatic heterocycles. The molecule has 1 heterocycles. The Labute approximate surface area is 87.7 Å². The van der Waals surface area contributed by atoms with Crippen LogP contribution in [0.2, 0.25) is 0 Å². The van der Waals surface area contributed by atoms with Crippen molar-refractivity contribution in [3.8, 4) is 0 Å². The molecule has 0 aromatic carbocycles. The molecule has 0 amide bonds. The SMILES string of the molecule is CC(Br)CCCc1cccnc1N. The lowest BCUT2D eigenvalue weighted by atomic mass is 10.1. The van der Waals surface area contributed by atoms with Crippen LogP contribution in [0, 0.1) is 0 Å². The van der Waals surface area contributed by atoms with Gasteiger partial charge in [-0.3, -0.25) is 0 Å². The molecule has 0 radical (unpaired) electrons. The van der Waals surface area contributed by atoms with E-state index in [2.05, 4.69) is 27.8 Å². The molecular formula is C10H15BrN2. The van der Waals surface area contributed by atoms with Crippen molar-refractivity contribution in [3.05, 3.63) is 23.9 Å². The number of hydrogen-bond acceptors (Lipinski definition) is 2. The van der Waals surface area contributed by atoms with Gasteiger partial charge >= 0.3 is 0 Å². The number of anilines is 1. The Bertz CT molecular complexity index is 261. The van der Waals surface area contributed by atoms with Crippen LogP contribution in [0.15, 0.2) is 18.3 Å². The molecule has 2 nitrogen and oxygen atoms in total. The van der Waals surface area contributed by atoms with Gasteiger partial charge < -0.3 is 5.73 Å². The number of rotatable bonds is 4. The third-order valence-electron chi connectivity index (χ3n) is 1.97. The van der Waals surface area contributed by atoms with Gasteiger partial charge in [-0.25, -0.2) is 4.98 Å². The second kappa shape index (κ2) is 5.22. The number of alkyl halides is 1. The standard InChI is InChI=1S/C10H15BrN2/c1-8(11)4-2-5-9-6-3-7-13-10(9)12/h3,6-8H,2,4-5H2,1H3,(H2,12,13). The molecule has 3 heteroatoms. The Morgan fingerprint density at radius 1 is 1.62 bits per heavy atom. The topological polar surface area (TPSA) is 38.9 Å². The Hall–Kier alpha value is -0.570. The average molecular weight is 243 g/mol. The maximum Gasteiger partial charge on any atom is 0.126 e. The van der Waals surface area contributed by atoms with Gasteiger partial charge in [-0.05, 0) is 30.9 Å². The van der Waals surface area contributed by atoms with E-state index in [1.165, 1.54) is 6.42 Å². The molecular weight excluding hydrogens is 228 g/mol. The van der Waals surface area contributed by atoms with Crippen LogP contribution in [-0.4, -0.2) is 9.81 Å². The summed E-state index contributed by atoms with van der Waals surface area (Å²) in [5.41, 5.74) is 6.88. The van der Waals surface area contributed by atoms with Crippen LogP contribution < -0.4 is 5.73 Å². The van der Waals surface area contributed by atoms with Crippen molar-refractivity contribution in [1.82, 2.24) is 4.98 Å². The molecule has 1 unspecified atom stereocenters. The van der Waals surface area contributed by atoms with Crippen LogP contribution in [0.5, 0.6) is 0 Å². The molecule has 0 aliphatic rings. The first-order valence-electron chi connectivity index (χ1n) is 4.53. The summed E-state index contributed by atoms with van der Waals surface area (Å²) in [5, 5.41) is 0. The summed E-state index contributed by atoms with van der Waals surface area (Å²) < 4.78 is 0. The second-order valence-corrected chi connectivity index (χ2v) is 4.78. The molecule has 1 rings (SSSR count). The van der Waals surface area contributed by atoms with Crippen LogP contribution in [0.4, 0.5) is 5.82 Å². The van der Waals surface area contributed by atoms with Gasteiger partial charge in [0, 0.05) is 11.0 Å². The zero-order chi connectivity index (χ0) is 9.68. The Morgan fingerprint density at radius 3 is 3.00 bits per heavy atom. The van der Waals surface area contributed by atoms with E-state index in [-0.39, 0.29) is 0 Å². The molecule has 0 aliphatic heterocycles. The van der Waals surface area contributed by atoms with E-state index < -0.39 is 0 Å². The highest BCUT2D eigenvalue weighted by Gasteiger charge is 2.00. The monoisotopic (exact) mass is 242 g/mol. The largest absolute Gasteiger partial charge is 0.383 e. The number of nitrogen functional groups attached to an aromatic ring is 1. The molecule has 0 fully saturated rings. The third kappa shape index (κ3) is 3.77. The number of hydrogen-bond donors (Lipinski definition) is 1. The van der Waals surface area contributed by atoms with Gasteiger partial charge in [0.25, 0.3) is 0 Å². The number of halogens is 1. The predicted molar refractivity (Wildman–Crippen MR) is 60.0 cm³/mol. The lowest BCUT2D eigenvalue weighted by molar-refractivity contribution is 0.736.